The molecule has 0 amide bonds. The van der Waals surface area contributed by atoms with Crippen molar-refractivity contribution in [3.8, 4) is 0 Å². The molecule has 0 spiro atoms. The molecule has 0 aliphatic heterocycles. The SMILES string of the molecule is Nc1cc(Br)ccc1SCc1ccc(Cl)nc1Cl. The van der Waals surface area contributed by atoms with Gasteiger partial charge in [0.25, 0.3) is 0 Å². The zero-order chi connectivity index (χ0) is 13.1. The van der Waals surface area contributed by atoms with Gasteiger partial charge in [0.15, 0.2) is 0 Å². The number of rotatable bonds is 3. The van der Waals surface area contributed by atoms with Gasteiger partial charge in [0, 0.05) is 20.8 Å². The van der Waals surface area contributed by atoms with Crippen molar-refractivity contribution in [3.05, 3.63) is 50.7 Å². The number of nitrogens with zero attached hydrogens (tertiary/aromatic N) is 1. The van der Waals surface area contributed by atoms with Crippen LogP contribution in [-0.2, 0) is 5.75 Å². The van der Waals surface area contributed by atoms with E-state index in [1.165, 1.54) is 0 Å². The summed E-state index contributed by atoms with van der Waals surface area (Å²) in [6.45, 7) is 0. The number of nitrogen functional groups attached to an aromatic ring is 1. The standard InChI is InChI=1S/C12H9BrCl2N2S/c13-8-2-3-10(9(16)5-8)18-6-7-1-4-11(14)17-12(7)15/h1-5H,6,16H2. The van der Waals surface area contributed by atoms with E-state index in [2.05, 4.69) is 20.9 Å². The van der Waals surface area contributed by atoms with Crippen molar-refractivity contribution in [2.75, 3.05) is 5.73 Å². The first kappa shape index (κ1) is 14.0. The number of aromatic nitrogens is 1. The molecule has 0 fully saturated rings. The minimum Gasteiger partial charge on any atom is -0.398 e. The lowest BCUT2D eigenvalue weighted by Gasteiger charge is -2.07. The summed E-state index contributed by atoms with van der Waals surface area (Å²) < 4.78 is 0.968. The van der Waals surface area contributed by atoms with Crippen LogP contribution in [0.3, 0.4) is 0 Å². The largest absolute Gasteiger partial charge is 0.398 e. The minimum absolute atomic E-state index is 0.400. The molecule has 6 heteroatoms. The van der Waals surface area contributed by atoms with Crippen molar-refractivity contribution in [2.45, 2.75) is 10.6 Å². The topological polar surface area (TPSA) is 38.9 Å². The van der Waals surface area contributed by atoms with Crippen LogP contribution in [0.5, 0.6) is 0 Å². The normalized spacial score (nSPS) is 10.6. The molecule has 18 heavy (non-hydrogen) atoms. The lowest BCUT2D eigenvalue weighted by Crippen LogP contribution is -1.90. The average molecular weight is 364 g/mol. The Hall–Kier alpha value is -0.420. The number of hydrogen-bond acceptors (Lipinski definition) is 3. The third-order valence-corrected chi connectivity index (χ3v) is 4.42. The van der Waals surface area contributed by atoms with Crippen LogP contribution in [0.25, 0.3) is 0 Å². The molecule has 2 aromatic rings. The number of halogens is 3. The van der Waals surface area contributed by atoms with Gasteiger partial charge >= 0.3 is 0 Å². The Kier molecular flexibility index (Phi) is 4.78. The highest BCUT2D eigenvalue weighted by atomic mass is 79.9. The van der Waals surface area contributed by atoms with E-state index in [0.29, 0.717) is 16.1 Å². The molecule has 0 atom stereocenters. The second-order valence-electron chi connectivity index (χ2n) is 3.55. The van der Waals surface area contributed by atoms with Crippen LogP contribution in [0, 0.1) is 0 Å². The molecule has 0 radical (unpaired) electrons. The fourth-order valence-corrected chi connectivity index (χ4v) is 3.16. The minimum atomic E-state index is 0.400. The van der Waals surface area contributed by atoms with Crippen molar-refractivity contribution in [1.82, 2.24) is 4.98 Å². The molecule has 0 aliphatic rings. The van der Waals surface area contributed by atoms with Crippen LogP contribution in [0.4, 0.5) is 5.69 Å². The van der Waals surface area contributed by atoms with Crippen LogP contribution < -0.4 is 5.73 Å². The molecule has 2 rings (SSSR count). The summed E-state index contributed by atoms with van der Waals surface area (Å²) in [5.74, 6) is 0.703. The zero-order valence-corrected chi connectivity index (χ0v) is 13.1. The van der Waals surface area contributed by atoms with Gasteiger partial charge < -0.3 is 5.73 Å². The van der Waals surface area contributed by atoms with Crippen molar-refractivity contribution in [2.24, 2.45) is 0 Å². The molecule has 1 heterocycles. The number of nitrogens with two attached hydrogens (primary N) is 1. The zero-order valence-electron chi connectivity index (χ0n) is 9.16. The molecule has 2 nitrogen and oxygen atoms in total. The first-order valence-corrected chi connectivity index (χ1v) is 7.58. The molecule has 1 aromatic heterocycles. The molecule has 0 bridgehead atoms. The Labute approximate surface area is 128 Å². The second-order valence-corrected chi connectivity index (χ2v) is 6.23. The maximum atomic E-state index is 6.01. The molecular weight excluding hydrogens is 355 g/mol. The molecule has 1 aromatic carbocycles. The van der Waals surface area contributed by atoms with E-state index in [4.69, 9.17) is 28.9 Å². The van der Waals surface area contributed by atoms with Gasteiger partial charge in [0.05, 0.1) is 0 Å². The van der Waals surface area contributed by atoms with E-state index in [1.807, 2.05) is 24.3 Å². The quantitative estimate of drug-likeness (QED) is 0.472. The summed E-state index contributed by atoms with van der Waals surface area (Å²) in [6.07, 6.45) is 0. The van der Waals surface area contributed by atoms with Gasteiger partial charge in [-0.05, 0) is 29.8 Å². The first-order valence-electron chi connectivity index (χ1n) is 5.05. The smallest absolute Gasteiger partial charge is 0.134 e. The van der Waals surface area contributed by atoms with E-state index in [9.17, 15) is 0 Å². The third-order valence-electron chi connectivity index (χ3n) is 2.25. The highest BCUT2D eigenvalue weighted by molar-refractivity contribution is 9.10. The summed E-state index contributed by atoms with van der Waals surface area (Å²) in [4.78, 5) is 5.02. The number of hydrogen-bond donors (Lipinski definition) is 1. The fraction of sp³-hybridized carbons (Fsp3) is 0.0833. The van der Waals surface area contributed by atoms with Crippen LogP contribution in [-0.4, -0.2) is 4.98 Å². The van der Waals surface area contributed by atoms with Gasteiger partial charge in [-0.2, -0.15) is 0 Å². The third kappa shape index (κ3) is 3.54. The maximum absolute atomic E-state index is 6.01. The Bertz CT molecular complexity index is 526. The van der Waals surface area contributed by atoms with Crippen LogP contribution in [0.15, 0.2) is 39.7 Å². The van der Waals surface area contributed by atoms with E-state index in [0.717, 1.165) is 20.6 Å². The van der Waals surface area contributed by atoms with Crippen molar-refractivity contribution >= 4 is 56.6 Å². The molecule has 0 aliphatic carbocycles. The molecule has 94 valence electrons. The van der Waals surface area contributed by atoms with Crippen LogP contribution in [0.2, 0.25) is 10.3 Å². The van der Waals surface area contributed by atoms with Crippen molar-refractivity contribution in [3.63, 3.8) is 0 Å². The highest BCUT2D eigenvalue weighted by Crippen LogP contribution is 2.31. The van der Waals surface area contributed by atoms with Gasteiger partial charge in [-0.15, -0.1) is 11.8 Å². The van der Waals surface area contributed by atoms with E-state index < -0.39 is 0 Å². The van der Waals surface area contributed by atoms with Gasteiger partial charge in [0.1, 0.15) is 10.3 Å². The number of benzene rings is 1. The lowest BCUT2D eigenvalue weighted by atomic mass is 10.3. The maximum Gasteiger partial charge on any atom is 0.134 e. The first-order chi connectivity index (χ1) is 8.56. The summed E-state index contributed by atoms with van der Waals surface area (Å²) in [5.41, 5.74) is 7.61. The number of pyridine rings is 1. The predicted octanol–water partition coefficient (Wildman–Crippen LogP) is 5.03. The highest BCUT2D eigenvalue weighted by Gasteiger charge is 2.06. The van der Waals surface area contributed by atoms with Gasteiger partial charge in [-0.25, -0.2) is 4.98 Å². The molecule has 0 unspecified atom stereocenters. The number of anilines is 1. The monoisotopic (exact) mass is 362 g/mol. The summed E-state index contributed by atoms with van der Waals surface area (Å²) in [5, 5.41) is 0.836. The Morgan fingerprint density at radius 3 is 2.67 bits per heavy atom. The van der Waals surface area contributed by atoms with E-state index >= 15 is 0 Å². The summed E-state index contributed by atoms with van der Waals surface area (Å²) in [7, 11) is 0. The van der Waals surface area contributed by atoms with Gasteiger partial charge in [-0.3, -0.25) is 0 Å². The van der Waals surface area contributed by atoms with Crippen molar-refractivity contribution < 1.29 is 0 Å². The van der Waals surface area contributed by atoms with E-state index in [-0.39, 0.29) is 0 Å². The molecule has 0 saturated heterocycles. The molecular formula is C12H9BrCl2N2S. The Morgan fingerprint density at radius 2 is 2.00 bits per heavy atom. The summed E-state index contributed by atoms with van der Waals surface area (Å²) >= 11 is 16.8. The van der Waals surface area contributed by atoms with Gasteiger partial charge in [0.2, 0.25) is 0 Å². The van der Waals surface area contributed by atoms with Crippen LogP contribution in [0.1, 0.15) is 5.56 Å². The van der Waals surface area contributed by atoms with Crippen molar-refractivity contribution in [1.29, 1.82) is 0 Å². The van der Waals surface area contributed by atoms with E-state index in [1.54, 1.807) is 17.8 Å². The van der Waals surface area contributed by atoms with Crippen LogP contribution >= 0.6 is 50.9 Å². The summed E-state index contributed by atoms with van der Waals surface area (Å²) in [6, 6.07) is 9.42. The molecule has 0 saturated carbocycles. The second kappa shape index (κ2) is 6.15. The fourth-order valence-electron chi connectivity index (χ4n) is 1.35. The molecule has 2 N–H and O–H groups in total. The Balaban J connectivity index is 2.11. The number of thioether (sulfide) groups is 1. The Morgan fingerprint density at radius 1 is 1.22 bits per heavy atom. The van der Waals surface area contributed by atoms with Gasteiger partial charge in [-0.1, -0.05) is 45.2 Å². The predicted molar refractivity (Wildman–Crippen MR) is 82.4 cm³/mol. The average Bonchev–Trinajstić information content (AvgIpc) is 2.30. The lowest BCUT2D eigenvalue weighted by molar-refractivity contribution is 1.25.